The second-order valence-corrected chi connectivity index (χ2v) is 12.8. The lowest BCUT2D eigenvalue weighted by molar-refractivity contribution is 0.0947. The first-order valence-corrected chi connectivity index (χ1v) is 15.2. The molecule has 210 valence electrons. The molecule has 0 aliphatic carbocycles. The van der Waals surface area contributed by atoms with Gasteiger partial charge in [0.2, 0.25) is 10.0 Å². The molecule has 1 N–H and O–H groups in total. The monoisotopic (exact) mass is 579 g/mol. The molecule has 0 radical (unpaired) electrons. The Bertz CT molecular complexity index is 1420. The number of rotatable bonds is 9. The molecule has 2 aliphatic heterocycles. The van der Waals surface area contributed by atoms with Crippen LogP contribution >= 0.6 is 11.3 Å². The topological polar surface area (TPSA) is 95.1 Å². The first-order chi connectivity index (χ1) is 18.7. The highest BCUT2D eigenvalue weighted by Gasteiger charge is 2.26. The second-order valence-electron chi connectivity index (χ2n) is 9.76. The highest BCUT2D eigenvalue weighted by atomic mass is 32.2. The zero-order valence-electron chi connectivity index (χ0n) is 21.6. The van der Waals surface area contributed by atoms with Gasteiger partial charge in [0.25, 0.3) is 5.91 Å². The smallest absolute Gasteiger partial charge is 0.251 e. The van der Waals surface area contributed by atoms with Gasteiger partial charge in [-0.2, -0.15) is 4.31 Å². The van der Waals surface area contributed by atoms with Gasteiger partial charge in [0.05, 0.1) is 15.7 Å². The van der Waals surface area contributed by atoms with E-state index in [1.807, 2.05) is 0 Å². The fourth-order valence-electron chi connectivity index (χ4n) is 4.80. The molecule has 0 bridgehead atoms. The lowest BCUT2D eigenvalue weighted by Gasteiger charge is -2.34. The molecule has 0 saturated carbocycles. The predicted molar refractivity (Wildman–Crippen MR) is 146 cm³/mol. The third-order valence-corrected chi connectivity index (χ3v) is 9.97. The number of thiazole rings is 1. The van der Waals surface area contributed by atoms with Gasteiger partial charge in [0, 0.05) is 71.1 Å². The molecule has 2 aliphatic rings. The van der Waals surface area contributed by atoms with Crippen molar-refractivity contribution in [2.45, 2.75) is 23.8 Å². The van der Waals surface area contributed by atoms with Crippen molar-refractivity contribution in [2.24, 2.45) is 0 Å². The Morgan fingerprint density at radius 2 is 1.92 bits per heavy atom. The molecule has 3 aromatic rings. The standard InChI is InChI=1S/C26H31F2N5O4S2/c1-31(17-20-3-2-14-37-20)39(35,36)21-6-4-18(5-7-21)25(34)29-8-9-32-10-12-33(13-11-32)26-30-24-22(28)15-19(27)16-23(24)38-26/h4-7,15-16,20H,2-3,8-14,17H2,1H3,(H,29,34). The Balaban J connectivity index is 1.07. The van der Waals surface area contributed by atoms with E-state index in [2.05, 4.69) is 20.1 Å². The van der Waals surface area contributed by atoms with E-state index in [9.17, 15) is 22.0 Å². The average molecular weight is 580 g/mol. The Hall–Kier alpha value is -2.71. The maximum Gasteiger partial charge on any atom is 0.251 e. The number of aromatic nitrogens is 1. The maximum atomic E-state index is 14.0. The minimum absolute atomic E-state index is 0.0826. The van der Waals surface area contributed by atoms with Crippen LogP contribution in [0.1, 0.15) is 23.2 Å². The van der Waals surface area contributed by atoms with Gasteiger partial charge in [-0.1, -0.05) is 11.3 Å². The van der Waals surface area contributed by atoms with Crippen LogP contribution < -0.4 is 10.2 Å². The summed E-state index contributed by atoms with van der Waals surface area (Å²) in [6.07, 6.45) is 1.70. The van der Waals surface area contributed by atoms with Gasteiger partial charge in [-0.3, -0.25) is 9.69 Å². The molecule has 2 aromatic carbocycles. The lowest BCUT2D eigenvalue weighted by atomic mass is 10.2. The average Bonchev–Trinajstić information content (AvgIpc) is 3.59. The SMILES string of the molecule is CN(CC1CCCO1)S(=O)(=O)c1ccc(C(=O)NCCN2CCN(c3nc4c(F)cc(F)cc4s3)CC2)cc1. The molecule has 2 saturated heterocycles. The number of carbonyl (C=O) groups is 1. The molecule has 5 rings (SSSR count). The van der Waals surface area contributed by atoms with E-state index < -0.39 is 21.7 Å². The summed E-state index contributed by atoms with van der Waals surface area (Å²) in [5, 5.41) is 3.56. The van der Waals surface area contributed by atoms with E-state index in [1.165, 1.54) is 53.0 Å². The van der Waals surface area contributed by atoms with E-state index in [0.717, 1.165) is 32.0 Å². The van der Waals surface area contributed by atoms with Gasteiger partial charge < -0.3 is 15.0 Å². The largest absolute Gasteiger partial charge is 0.377 e. The number of piperazine rings is 1. The van der Waals surface area contributed by atoms with Crippen LogP contribution in [0.3, 0.4) is 0 Å². The number of carbonyl (C=O) groups excluding carboxylic acids is 1. The van der Waals surface area contributed by atoms with Crippen molar-refractivity contribution >= 4 is 42.6 Å². The van der Waals surface area contributed by atoms with E-state index >= 15 is 0 Å². The molecule has 2 fully saturated rings. The van der Waals surface area contributed by atoms with Crippen molar-refractivity contribution in [2.75, 3.05) is 64.4 Å². The van der Waals surface area contributed by atoms with Crippen LogP contribution in [0.4, 0.5) is 13.9 Å². The number of hydrogen-bond acceptors (Lipinski definition) is 8. The van der Waals surface area contributed by atoms with E-state index in [0.29, 0.717) is 54.7 Å². The Morgan fingerprint density at radius 1 is 1.18 bits per heavy atom. The number of anilines is 1. The van der Waals surface area contributed by atoms with Crippen molar-refractivity contribution < 1.29 is 26.7 Å². The van der Waals surface area contributed by atoms with E-state index in [4.69, 9.17) is 4.74 Å². The highest BCUT2D eigenvalue weighted by molar-refractivity contribution is 7.89. The molecule has 1 amide bonds. The van der Waals surface area contributed by atoms with Gasteiger partial charge in [0.15, 0.2) is 10.9 Å². The number of halogens is 2. The van der Waals surface area contributed by atoms with Crippen molar-refractivity contribution in [3.8, 4) is 0 Å². The number of sulfonamides is 1. The van der Waals surface area contributed by atoms with Crippen LogP contribution in [0, 0.1) is 11.6 Å². The minimum Gasteiger partial charge on any atom is -0.377 e. The molecule has 1 atom stereocenters. The number of ether oxygens (including phenoxy) is 1. The van der Waals surface area contributed by atoms with Crippen molar-refractivity contribution in [1.29, 1.82) is 0 Å². The number of likely N-dealkylation sites (N-methyl/N-ethyl adjacent to an activating group) is 1. The summed E-state index contributed by atoms with van der Waals surface area (Å²) < 4.78 is 60.5. The normalized spacial score (nSPS) is 18.8. The summed E-state index contributed by atoms with van der Waals surface area (Å²) in [5.74, 6) is -1.53. The van der Waals surface area contributed by atoms with Gasteiger partial charge in [-0.25, -0.2) is 22.2 Å². The molecule has 39 heavy (non-hydrogen) atoms. The first kappa shape index (κ1) is 27.8. The zero-order chi connectivity index (χ0) is 27.6. The molecular weight excluding hydrogens is 548 g/mol. The van der Waals surface area contributed by atoms with Crippen LogP contribution in [0.15, 0.2) is 41.3 Å². The first-order valence-electron chi connectivity index (χ1n) is 12.9. The molecule has 9 nitrogen and oxygen atoms in total. The van der Waals surface area contributed by atoms with Crippen LogP contribution in [-0.2, 0) is 14.8 Å². The van der Waals surface area contributed by atoms with Crippen molar-refractivity contribution in [3.05, 3.63) is 53.6 Å². The zero-order valence-corrected chi connectivity index (χ0v) is 23.2. The maximum absolute atomic E-state index is 14.0. The predicted octanol–water partition coefficient (Wildman–Crippen LogP) is 2.93. The Labute approximate surface area is 230 Å². The Morgan fingerprint density at radius 3 is 2.62 bits per heavy atom. The number of benzene rings is 2. The number of fused-ring (bicyclic) bond motifs is 1. The van der Waals surface area contributed by atoms with Crippen molar-refractivity contribution in [1.82, 2.24) is 19.5 Å². The highest BCUT2D eigenvalue weighted by Crippen LogP contribution is 2.31. The molecular formula is C26H31F2N5O4S2. The third-order valence-electron chi connectivity index (χ3n) is 7.07. The summed E-state index contributed by atoms with van der Waals surface area (Å²) in [4.78, 5) is 21.4. The molecule has 1 aromatic heterocycles. The number of nitrogens with zero attached hydrogens (tertiary/aromatic N) is 4. The fourth-order valence-corrected chi connectivity index (χ4v) is 7.06. The molecule has 0 spiro atoms. The Kier molecular flexibility index (Phi) is 8.43. The second kappa shape index (κ2) is 11.8. The fraction of sp³-hybridized carbons (Fsp3) is 0.462. The van der Waals surface area contributed by atoms with Crippen LogP contribution in [0.5, 0.6) is 0 Å². The summed E-state index contributed by atoms with van der Waals surface area (Å²) >= 11 is 1.28. The summed E-state index contributed by atoms with van der Waals surface area (Å²) in [6.45, 7) is 4.92. The van der Waals surface area contributed by atoms with Gasteiger partial charge in [-0.15, -0.1) is 0 Å². The summed E-state index contributed by atoms with van der Waals surface area (Å²) in [6, 6.07) is 8.10. The number of amides is 1. The minimum atomic E-state index is -3.66. The van der Waals surface area contributed by atoms with Gasteiger partial charge in [-0.05, 0) is 43.2 Å². The third kappa shape index (κ3) is 6.38. The van der Waals surface area contributed by atoms with Gasteiger partial charge in [0.1, 0.15) is 11.3 Å². The molecule has 13 heteroatoms. The molecule has 1 unspecified atom stereocenters. The van der Waals surface area contributed by atoms with E-state index in [-0.39, 0.29) is 22.4 Å². The van der Waals surface area contributed by atoms with Gasteiger partial charge >= 0.3 is 0 Å². The van der Waals surface area contributed by atoms with Crippen LogP contribution in [0.25, 0.3) is 10.2 Å². The quantitative estimate of drug-likeness (QED) is 0.417. The summed E-state index contributed by atoms with van der Waals surface area (Å²) in [7, 11) is -2.13. The van der Waals surface area contributed by atoms with Crippen LogP contribution in [0.2, 0.25) is 0 Å². The summed E-state index contributed by atoms with van der Waals surface area (Å²) in [5.41, 5.74) is 0.581. The molecule has 3 heterocycles. The van der Waals surface area contributed by atoms with Crippen molar-refractivity contribution in [3.63, 3.8) is 0 Å². The lowest BCUT2D eigenvalue weighted by Crippen LogP contribution is -2.48. The number of nitrogens with one attached hydrogen (secondary N) is 1. The van der Waals surface area contributed by atoms with Crippen LogP contribution in [-0.4, -0.2) is 94.1 Å². The van der Waals surface area contributed by atoms with E-state index in [1.54, 1.807) is 0 Å². The number of hydrogen-bond donors (Lipinski definition) is 1.